The number of hydrogen-bond acceptors (Lipinski definition) is 5. The van der Waals surface area contributed by atoms with Gasteiger partial charge in [0.05, 0.1) is 23.7 Å². The molecule has 3 fully saturated rings. The molecule has 1 atom stereocenters. The summed E-state index contributed by atoms with van der Waals surface area (Å²) in [5.41, 5.74) is 1.32. The first-order chi connectivity index (χ1) is 14.5. The fourth-order valence-corrected chi connectivity index (χ4v) is 6.28. The van der Waals surface area contributed by atoms with Crippen molar-refractivity contribution in [3.05, 3.63) is 23.8 Å². The molecular weight excluding hydrogens is 402 g/mol. The summed E-state index contributed by atoms with van der Waals surface area (Å²) in [6, 6.07) is 5.29. The fourth-order valence-electron chi connectivity index (χ4n) is 4.74. The lowest BCUT2D eigenvalue weighted by Gasteiger charge is -2.36. The molecule has 1 aromatic rings. The van der Waals surface area contributed by atoms with E-state index in [1.165, 1.54) is 0 Å². The number of sulfonamides is 1. The predicted molar refractivity (Wildman–Crippen MR) is 116 cm³/mol. The van der Waals surface area contributed by atoms with Crippen molar-refractivity contribution in [3.8, 4) is 0 Å². The Hall–Kier alpha value is -1.64. The van der Waals surface area contributed by atoms with Gasteiger partial charge in [0.2, 0.25) is 10.0 Å². The summed E-state index contributed by atoms with van der Waals surface area (Å²) in [5.74, 6) is -0.0561. The normalized spacial score (nSPS) is 24.1. The minimum atomic E-state index is -3.59. The molecule has 0 saturated carbocycles. The average Bonchev–Trinajstić information content (AvgIpc) is 2.80. The number of benzene rings is 1. The summed E-state index contributed by atoms with van der Waals surface area (Å²) in [6.07, 6.45) is 5.96. The van der Waals surface area contributed by atoms with E-state index >= 15 is 0 Å². The van der Waals surface area contributed by atoms with Gasteiger partial charge in [-0.1, -0.05) is 6.42 Å². The Bertz CT molecular complexity index is 861. The molecular formula is C22H33N3O4S. The molecule has 1 amide bonds. The second-order valence-corrected chi connectivity index (χ2v) is 10.5. The lowest BCUT2D eigenvalue weighted by Crippen LogP contribution is -2.43. The van der Waals surface area contributed by atoms with Crippen LogP contribution in [0.5, 0.6) is 0 Å². The number of morpholine rings is 1. The summed E-state index contributed by atoms with van der Waals surface area (Å²) in [6.45, 7) is 6.55. The molecule has 0 N–H and O–H groups in total. The largest absolute Gasteiger partial charge is 0.378 e. The van der Waals surface area contributed by atoms with E-state index in [2.05, 4.69) is 11.8 Å². The smallest absolute Gasteiger partial charge is 0.256 e. The van der Waals surface area contributed by atoms with E-state index in [1.54, 1.807) is 16.4 Å². The van der Waals surface area contributed by atoms with Gasteiger partial charge in [-0.3, -0.25) is 4.79 Å². The van der Waals surface area contributed by atoms with E-state index in [4.69, 9.17) is 4.74 Å². The van der Waals surface area contributed by atoms with Gasteiger partial charge in [-0.25, -0.2) is 8.42 Å². The molecule has 4 rings (SSSR count). The van der Waals surface area contributed by atoms with Crippen LogP contribution in [0, 0.1) is 0 Å². The van der Waals surface area contributed by atoms with Crippen LogP contribution in [0.1, 0.15) is 55.8 Å². The minimum absolute atomic E-state index is 0.0561. The molecule has 1 aromatic carbocycles. The Kier molecular flexibility index (Phi) is 6.65. The van der Waals surface area contributed by atoms with Crippen molar-refractivity contribution in [1.82, 2.24) is 9.21 Å². The van der Waals surface area contributed by atoms with Crippen LogP contribution in [0.3, 0.4) is 0 Å². The second kappa shape index (κ2) is 9.24. The number of rotatable bonds is 4. The molecule has 3 aliphatic rings. The third kappa shape index (κ3) is 4.36. The maximum atomic E-state index is 13.6. The lowest BCUT2D eigenvalue weighted by molar-refractivity contribution is 0.0635. The molecule has 3 heterocycles. The van der Waals surface area contributed by atoms with E-state index in [0.29, 0.717) is 45.0 Å². The first-order valence-corrected chi connectivity index (χ1v) is 12.7. The molecule has 7 nitrogen and oxygen atoms in total. The van der Waals surface area contributed by atoms with E-state index in [9.17, 15) is 13.2 Å². The highest BCUT2D eigenvalue weighted by Gasteiger charge is 2.31. The lowest BCUT2D eigenvalue weighted by atomic mass is 10.0. The predicted octanol–water partition coefficient (Wildman–Crippen LogP) is 2.71. The Balaban J connectivity index is 1.71. The maximum Gasteiger partial charge on any atom is 0.256 e. The zero-order valence-corrected chi connectivity index (χ0v) is 18.7. The van der Waals surface area contributed by atoms with Gasteiger partial charge in [0.25, 0.3) is 5.91 Å². The molecule has 166 valence electrons. The summed E-state index contributed by atoms with van der Waals surface area (Å²) in [5, 5.41) is 0. The van der Waals surface area contributed by atoms with Gasteiger partial charge in [-0.05, 0) is 57.2 Å². The quantitative estimate of drug-likeness (QED) is 0.727. The number of carbonyl (C=O) groups excluding carboxylic acids is 1. The highest BCUT2D eigenvalue weighted by atomic mass is 32.2. The van der Waals surface area contributed by atoms with Crippen molar-refractivity contribution in [1.29, 1.82) is 0 Å². The molecule has 0 aliphatic carbocycles. The van der Waals surface area contributed by atoms with Crippen molar-refractivity contribution in [2.75, 3.05) is 50.8 Å². The Morgan fingerprint density at radius 3 is 2.37 bits per heavy atom. The number of carbonyl (C=O) groups is 1. The average molecular weight is 436 g/mol. The number of amides is 1. The summed E-state index contributed by atoms with van der Waals surface area (Å²) in [7, 11) is -3.59. The minimum Gasteiger partial charge on any atom is -0.378 e. The first kappa shape index (κ1) is 21.6. The van der Waals surface area contributed by atoms with Gasteiger partial charge < -0.3 is 14.5 Å². The van der Waals surface area contributed by atoms with Gasteiger partial charge in [0, 0.05) is 44.5 Å². The Morgan fingerprint density at radius 1 is 0.967 bits per heavy atom. The molecule has 30 heavy (non-hydrogen) atoms. The monoisotopic (exact) mass is 435 g/mol. The van der Waals surface area contributed by atoms with Crippen LogP contribution in [-0.2, 0) is 14.8 Å². The van der Waals surface area contributed by atoms with Crippen LogP contribution in [0.25, 0.3) is 0 Å². The van der Waals surface area contributed by atoms with Crippen LogP contribution >= 0.6 is 0 Å². The van der Waals surface area contributed by atoms with Gasteiger partial charge >= 0.3 is 0 Å². The third-order valence-electron chi connectivity index (χ3n) is 6.57. The number of piperidine rings is 2. The molecule has 1 unspecified atom stereocenters. The van der Waals surface area contributed by atoms with E-state index in [0.717, 1.165) is 50.8 Å². The molecule has 0 bridgehead atoms. The Labute approximate surface area is 180 Å². The summed E-state index contributed by atoms with van der Waals surface area (Å²) in [4.78, 5) is 17.9. The molecule has 0 aromatic heterocycles. The van der Waals surface area contributed by atoms with Crippen molar-refractivity contribution in [2.45, 2.75) is 56.4 Å². The standard InChI is InChI=1S/C22H33N3O4S/c1-18-7-3-6-12-25(18)22(26)20-17-19(30(27,28)24-10-4-2-5-11-24)8-9-21(20)23-13-15-29-16-14-23/h8-9,17-18H,2-7,10-16H2,1H3. The van der Waals surface area contributed by atoms with Gasteiger partial charge in [-0.15, -0.1) is 0 Å². The molecule has 0 radical (unpaired) electrons. The first-order valence-electron chi connectivity index (χ1n) is 11.3. The van der Waals surface area contributed by atoms with E-state index in [1.807, 2.05) is 11.0 Å². The van der Waals surface area contributed by atoms with Crippen molar-refractivity contribution >= 4 is 21.6 Å². The van der Waals surface area contributed by atoms with Crippen molar-refractivity contribution in [2.24, 2.45) is 0 Å². The fraction of sp³-hybridized carbons (Fsp3) is 0.682. The molecule has 3 saturated heterocycles. The van der Waals surface area contributed by atoms with Crippen LogP contribution in [0.15, 0.2) is 23.1 Å². The molecule has 0 spiro atoms. The topological polar surface area (TPSA) is 70.2 Å². The van der Waals surface area contributed by atoms with Crippen molar-refractivity contribution < 1.29 is 17.9 Å². The third-order valence-corrected chi connectivity index (χ3v) is 8.46. The molecule has 8 heteroatoms. The summed E-state index contributed by atoms with van der Waals surface area (Å²) < 4.78 is 33.6. The molecule has 3 aliphatic heterocycles. The number of nitrogens with zero attached hydrogens (tertiary/aromatic N) is 3. The SMILES string of the molecule is CC1CCCCN1C(=O)c1cc(S(=O)(=O)N2CCCCC2)ccc1N1CCOCC1. The second-order valence-electron chi connectivity index (χ2n) is 8.59. The highest BCUT2D eigenvalue weighted by Crippen LogP contribution is 2.30. The van der Waals surface area contributed by atoms with Crippen LogP contribution in [0.2, 0.25) is 0 Å². The number of anilines is 1. The van der Waals surface area contributed by atoms with Crippen LogP contribution < -0.4 is 4.90 Å². The number of likely N-dealkylation sites (tertiary alicyclic amines) is 1. The number of ether oxygens (including phenoxy) is 1. The van der Waals surface area contributed by atoms with Gasteiger partial charge in [0.15, 0.2) is 0 Å². The van der Waals surface area contributed by atoms with E-state index < -0.39 is 10.0 Å². The summed E-state index contributed by atoms with van der Waals surface area (Å²) >= 11 is 0. The van der Waals surface area contributed by atoms with Crippen LogP contribution in [0.4, 0.5) is 5.69 Å². The Morgan fingerprint density at radius 2 is 1.67 bits per heavy atom. The van der Waals surface area contributed by atoms with Gasteiger partial charge in [0.1, 0.15) is 0 Å². The van der Waals surface area contributed by atoms with Crippen molar-refractivity contribution in [3.63, 3.8) is 0 Å². The van der Waals surface area contributed by atoms with Crippen LogP contribution in [-0.4, -0.2) is 75.5 Å². The zero-order valence-electron chi connectivity index (χ0n) is 17.9. The maximum absolute atomic E-state index is 13.6. The van der Waals surface area contributed by atoms with E-state index in [-0.39, 0.29) is 16.8 Å². The highest BCUT2D eigenvalue weighted by molar-refractivity contribution is 7.89. The number of hydrogen-bond donors (Lipinski definition) is 0. The van der Waals surface area contributed by atoms with Gasteiger partial charge in [-0.2, -0.15) is 4.31 Å². The zero-order chi connectivity index (χ0) is 21.1.